The molecule has 0 saturated carbocycles. The van der Waals surface area contributed by atoms with Crippen molar-refractivity contribution in [2.45, 2.75) is 13.3 Å². The Bertz CT molecular complexity index is 311. The number of nitrogens with zero attached hydrogens (tertiary/aromatic N) is 1. The summed E-state index contributed by atoms with van der Waals surface area (Å²) in [6.07, 6.45) is 2.90. The van der Waals surface area contributed by atoms with Crippen LogP contribution in [0.15, 0.2) is 28.4 Å². The van der Waals surface area contributed by atoms with Gasteiger partial charge in [-0.2, -0.15) is 0 Å². The Morgan fingerprint density at radius 3 is 3.00 bits per heavy atom. The number of hydrogen-bond acceptors (Lipinski definition) is 2. The second-order valence-corrected chi connectivity index (χ2v) is 3.72. The van der Waals surface area contributed by atoms with Gasteiger partial charge in [0.05, 0.1) is 6.26 Å². The van der Waals surface area contributed by atoms with E-state index in [9.17, 15) is 0 Å². The lowest BCUT2D eigenvalue weighted by Gasteiger charge is -2.25. The van der Waals surface area contributed by atoms with Gasteiger partial charge >= 0.3 is 0 Å². The molecule has 0 fully saturated rings. The zero-order chi connectivity index (χ0) is 9.26. The van der Waals surface area contributed by atoms with Crippen LogP contribution in [-0.4, -0.2) is 25.0 Å². The molecule has 2 nitrogen and oxygen atoms in total. The van der Waals surface area contributed by atoms with Crippen molar-refractivity contribution in [3.63, 3.8) is 0 Å². The summed E-state index contributed by atoms with van der Waals surface area (Å²) in [4.78, 5) is 2.32. The normalized spacial score (nSPS) is 19.5. The first-order valence-electron chi connectivity index (χ1n) is 4.68. The largest absolute Gasteiger partial charge is 0.465 e. The second-order valence-electron chi connectivity index (χ2n) is 3.72. The molecule has 1 aliphatic heterocycles. The van der Waals surface area contributed by atoms with E-state index in [0.29, 0.717) is 0 Å². The van der Waals surface area contributed by atoms with E-state index in [1.54, 1.807) is 6.26 Å². The first-order chi connectivity index (χ1) is 6.27. The average Bonchev–Trinajstić information content (AvgIpc) is 2.61. The summed E-state index contributed by atoms with van der Waals surface area (Å²) in [5.74, 6) is 1.03. The summed E-state index contributed by atoms with van der Waals surface area (Å²) in [5.41, 5.74) is 2.83. The summed E-state index contributed by atoms with van der Waals surface area (Å²) in [6, 6.07) is 3.99. The minimum Gasteiger partial charge on any atom is -0.465 e. The second kappa shape index (κ2) is 3.38. The van der Waals surface area contributed by atoms with Crippen LogP contribution in [0, 0.1) is 0 Å². The average molecular weight is 177 g/mol. The molecule has 1 aromatic heterocycles. The SMILES string of the molecule is CC1=C(c2ccco2)CN(C)CC1. The van der Waals surface area contributed by atoms with Crippen molar-refractivity contribution in [2.24, 2.45) is 0 Å². The number of hydrogen-bond donors (Lipinski definition) is 0. The van der Waals surface area contributed by atoms with Gasteiger partial charge < -0.3 is 9.32 Å². The molecule has 0 saturated heterocycles. The van der Waals surface area contributed by atoms with Gasteiger partial charge in [-0.3, -0.25) is 0 Å². The zero-order valence-electron chi connectivity index (χ0n) is 8.21. The number of furan rings is 1. The molecule has 0 aliphatic carbocycles. The Balaban J connectivity index is 2.31. The molecule has 0 radical (unpaired) electrons. The van der Waals surface area contributed by atoms with Gasteiger partial charge in [0, 0.05) is 18.7 Å². The fourth-order valence-electron chi connectivity index (χ4n) is 1.73. The van der Waals surface area contributed by atoms with E-state index in [0.717, 1.165) is 25.3 Å². The van der Waals surface area contributed by atoms with Gasteiger partial charge in [0.25, 0.3) is 0 Å². The number of likely N-dealkylation sites (N-methyl/N-ethyl adjacent to an activating group) is 1. The van der Waals surface area contributed by atoms with Crippen molar-refractivity contribution < 1.29 is 4.42 Å². The van der Waals surface area contributed by atoms with Crippen LogP contribution >= 0.6 is 0 Å². The van der Waals surface area contributed by atoms with Crippen LogP contribution in [0.2, 0.25) is 0 Å². The van der Waals surface area contributed by atoms with Gasteiger partial charge in [-0.1, -0.05) is 5.57 Å². The smallest absolute Gasteiger partial charge is 0.131 e. The molecule has 2 rings (SSSR count). The van der Waals surface area contributed by atoms with Crippen molar-refractivity contribution in [1.29, 1.82) is 0 Å². The highest BCUT2D eigenvalue weighted by molar-refractivity contribution is 5.66. The Kier molecular flexibility index (Phi) is 2.23. The molecule has 1 aromatic rings. The first kappa shape index (κ1) is 8.57. The van der Waals surface area contributed by atoms with E-state index in [1.807, 2.05) is 12.1 Å². The topological polar surface area (TPSA) is 16.4 Å². The lowest BCUT2D eigenvalue weighted by atomic mass is 10.0. The van der Waals surface area contributed by atoms with E-state index < -0.39 is 0 Å². The standard InChI is InChI=1S/C11H15NO/c1-9-5-6-12(2)8-10(9)11-4-3-7-13-11/h3-4,7H,5-6,8H2,1-2H3. The summed E-state index contributed by atoms with van der Waals surface area (Å²) < 4.78 is 5.41. The monoisotopic (exact) mass is 177 g/mol. The minimum absolute atomic E-state index is 1.01. The molecule has 13 heavy (non-hydrogen) atoms. The van der Waals surface area contributed by atoms with Crippen LogP contribution in [0.25, 0.3) is 5.57 Å². The van der Waals surface area contributed by atoms with Crippen molar-refractivity contribution in [3.05, 3.63) is 29.7 Å². The van der Waals surface area contributed by atoms with E-state index >= 15 is 0 Å². The molecule has 0 bridgehead atoms. The molecule has 0 unspecified atom stereocenters. The van der Waals surface area contributed by atoms with Gasteiger partial charge in [-0.15, -0.1) is 0 Å². The molecule has 70 valence electrons. The molecule has 0 N–H and O–H groups in total. The van der Waals surface area contributed by atoms with Crippen molar-refractivity contribution in [1.82, 2.24) is 4.90 Å². The van der Waals surface area contributed by atoms with Crippen LogP contribution in [0.4, 0.5) is 0 Å². The molecule has 0 spiro atoms. The fraction of sp³-hybridized carbons (Fsp3) is 0.455. The maximum absolute atomic E-state index is 5.41. The molecule has 2 heterocycles. The summed E-state index contributed by atoms with van der Waals surface area (Å²) in [5, 5.41) is 0. The summed E-state index contributed by atoms with van der Waals surface area (Å²) in [6.45, 7) is 4.38. The zero-order valence-corrected chi connectivity index (χ0v) is 8.21. The van der Waals surface area contributed by atoms with Crippen LogP contribution in [0.5, 0.6) is 0 Å². The van der Waals surface area contributed by atoms with Crippen LogP contribution in [-0.2, 0) is 0 Å². The third kappa shape index (κ3) is 1.68. The van der Waals surface area contributed by atoms with Crippen molar-refractivity contribution in [3.8, 4) is 0 Å². The van der Waals surface area contributed by atoms with Crippen molar-refractivity contribution in [2.75, 3.05) is 20.1 Å². The molecule has 1 aliphatic rings. The Hall–Kier alpha value is -1.02. The van der Waals surface area contributed by atoms with E-state index in [2.05, 4.69) is 18.9 Å². The first-order valence-corrected chi connectivity index (χ1v) is 4.68. The Morgan fingerprint density at radius 1 is 1.46 bits per heavy atom. The highest BCUT2D eigenvalue weighted by Crippen LogP contribution is 2.25. The van der Waals surface area contributed by atoms with Crippen molar-refractivity contribution >= 4 is 5.57 Å². The molecular weight excluding hydrogens is 162 g/mol. The van der Waals surface area contributed by atoms with Gasteiger partial charge in [0.15, 0.2) is 0 Å². The lowest BCUT2D eigenvalue weighted by molar-refractivity contribution is 0.362. The Morgan fingerprint density at radius 2 is 2.31 bits per heavy atom. The van der Waals surface area contributed by atoms with Gasteiger partial charge in [0.1, 0.15) is 5.76 Å². The highest BCUT2D eigenvalue weighted by atomic mass is 16.3. The van der Waals surface area contributed by atoms with Crippen LogP contribution < -0.4 is 0 Å². The quantitative estimate of drug-likeness (QED) is 0.655. The lowest BCUT2D eigenvalue weighted by Crippen LogP contribution is -2.26. The minimum atomic E-state index is 1.01. The van der Waals surface area contributed by atoms with E-state index in [1.165, 1.54) is 11.1 Å². The molecule has 0 aromatic carbocycles. The Labute approximate surface area is 78.8 Å². The van der Waals surface area contributed by atoms with Gasteiger partial charge in [0.2, 0.25) is 0 Å². The summed E-state index contributed by atoms with van der Waals surface area (Å²) in [7, 11) is 2.15. The van der Waals surface area contributed by atoms with Crippen LogP contribution in [0.3, 0.4) is 0 Å². The predicted octanol–water partition coefficient (Wildman–Crippen LogP) is 2.39. The molecule has 0 amide bonds. The van der Waals surface area contributed by atoms with E-state index in [4.69, 9.17) is 4.42 Å². The molecule has 2 heteroatoms. The maximum Gasteiger partial charge on any atom is 0.131 e. The van der Waals surface area contributed by atoms with Crippen LogP contribution in [0.1, 0.15) is 19.1 Å². The fourth-order valence-corrected chi connectivity index (χ4v) is 1.73. The highest BCUT2D eigenvalue weighted by Gasteiger charge is 2.16. The molecule has 0 atom stereocenters. The maximum atomic E-state index is 5.41. The third-order valence-electron chi connectivity index (χ3n) is 2.63. The molecular formula is C11H15NO. The number of rotatable bonds is 1. The van der Waals surface area contributed by atoms with E-state index in [-0.39, 0.29) is 0 Å². The predicted molar refractivity (Wildman–Crippen MR) is 53.4 cm³/mol. The van der Waals surface area contributed by atoms with Gasteiger partial charge in [-0.05, 0) is 32.5 Å². The third-order valence-corrected chi connectivity index (χ3v) is 2.63. The van der Waals surface area contributed by atoms with Gasteiger partial charge in [-0.25, -0.2) is 0 Å². The summed E-state index contributed by atoms with van der Waals surface area (Å²) >= 11 is 0.